The van der Waals surface area contributed by atoms with Gasteiger partial charge in [0.2, 0.25) is 0 Å². The van der Waals surface area contributed by atoms with Gasteiger partial charge in [-0.05, 0) is 25.3 Å². The van der Waals surface area contributed by atoms with E-state index in [1.54, 1.807) is 0 Å². The zero-order valence-electron chi connectivity index (χ0n) is 10.0. The number of rotatable bonds is 4. The quantitative estimate of drug-likeness (QED) is 0.811. The van der Waals surface area contributed by atoms with Crippen molar-refractivity contribution in [3.63, 3.8) is 0 Å². The summed E-state index contributed by atoms with van der Waals surface area (Å²) >= 11 is 0. The van der Waals surface area contributed by atoms with Crippen LogP contribution in [0.25, 0.3) is 0 Å². The predicted molar refractivity (Wildman–Crippen MR) is 61.9 cm³/mol. The number of aromatic nitrogens is 2. The molecule has 1 saturated heterocycles. The van der Waals surface area contributed by atoms with Crippen LogP contribution in [0.4, 0.5) is 0 Å². The van der Waals surface area contributed by atoms with Crippen molar-refractivity contribution < 1.29 is 0 Å². The van der Waals surface area contributed by atoms with Crippen LogP contribution in [-0.2, 0) is 19.9 Å². The molecule has 1 aliphatic rings. The summed E-state index contributed by atoms with van der Waals surface area (Å²) in [6.07, 6.45) is 3.46. The maximum Gasteiger partial charge on any atom is 0.0624 e. The van der Waals surface area contributed by atoms with Crippen LogP contribution in [0, 0.1) is 5.41 Å². The molecule has 2 rings (SSSR count). The molecule has 1 N–H and O–H groups in total. The third-order valence-electron chi connectivity index (χ3n) is 3.70. The summed E-state index contributed by atoms with van der Waals surface area (Å²) in [5, 5.41) is 7.89. The summed E-state index contributed by atoms with van der Waals surface area (Å²) in [5.41, 5.74) is 3.10. The van der Waals surface area contributed by atoms with Crippen molar-refractivity contribution in [3.8, 4) is 0 Å². The molecule has 0 unspecified atom stereocenters. The average molecular weight is 207 g/mol. The Morgan fingerprint density at radius 3 is 2.60 bits per heavy atom. The maximum atomic E-state index is 4.50. The zero-order chi connectivity index (χ0) is 10.9. The van der Waals surface area contributed by atoms with Gasteiger partial charge in [-0.15, -0.1) is 0 Å². The van der Waals surface area contributed by atoms with Crippen molar-refractivity contribution in [3.05, 3.63) is 17.5 Å². The minimum absolute atomic E-state index is 0.499. The first-order valence-electron chi connectivity index (χ1n) is 5.91. The van der Waals surface area contributed by atoms with Gasteiger partial charge in [0.25, 0.3) is 0 Å². The van der Waals surface area contributed by atoms with Crippen LogP contribution in [0.5, 0.6) is 0 Å². The van der Waals surface area contributed by atoms with Crippen LogP contribution < -0.4 is 5.32 Å². The highest BCUT2D eigenvalue weighted by Gasteiger charge is 2.35. The van der Waals surface area contributed by atoms with Crippen LogP contribution >= 0.6 is 0 Å². The van der Waals surface area contributed by atoms with Gasteiger partial charge >= 0.3 is 0 Å². The Morgan fingerprint density at radius 2 is 2.20 bits per heavy atom. The van der Waals surface area contributed by atoms with Gasteiger partial charge in [-0.1, -0.05) is 13.8 Å². The van der Waals surface area contributed by atoms with Crippen molar-refractivity contribution >= 4 is 0 Å². The smallest absolute Gasteiger partial charge is 0.0624 e. The summed E-state index contributed by atoms with van der Waals surface area (Å²) in [7, 11) is 2.06. The standard InChI is InChI=1S/C12H21N3/c1-4-10-6-11(15(3)14-10)7-12(5-2)8-13-9-12/h6,13H,4-5,7-9H2,1-3H3. The summed E-state index contributed by atoms with van der Waals surface area (Å²) < 4.78 is 2.05. The van der Waals surface area contributed by atoms with Crippen molar-refractivity contribution in [1.29, 1.82) is 0 Å². The van der Waals surface area contributed by atoms with Gasteiger partial charge in [-0.3, -0.25) is 4.68 Å². The van der Waals surface area contributed by atoms with Gasteiger partial charge in [0, 0.05) is 31.2 Å². The monoisotopic (exact) mass is 207 g/mol. The summed E-state index contributed by atoms with van der Waals surface area (Å²) in [6.45, 7) is 6.77. The van der Waals surface area contributed by atoms with Gasteiger partial charge in [-0.2, -0.15) is 5.10 Å². The van der Waals surface area contributed by atoms with Crippen molar-refractivity contribution in [2.45, 2.75) is 33.1 Å². The number of hydrogen-bond acceptors (Lipinski definition) is 2. The van der Waals surface area contributed by atoms with Crippen LogP contribution in [0.3, 0.4) is 0 Å². The third kappa shape index (κ3) is 1.93. The van der Waals surface area contributed by atoms with E-state index in [2.05, 4.69) is 42.1 Å². The van der Waals surface area contributed by atoms with Crippen LogP contribution in [0.1, 0.15) is 31.7 Å². The molecule has 3 heteroatoms. The Kier molecular flexibility index (Phi) is 2.83. The average Bonchev–Trinajstić information content (AvgIpc) is 2.53. The van der Waals surface area contributed by atoms with Crippen LogP contribution in [0.15, 0.2) is 6.07 Å². The van der Waals surface area contributed by atoms with Crippen molar-refractivity contribution in [2.75, 3.05) is 13.1 Å². The zero-order valence-corrected chi connectivity index (χ0v) is 10.0. The Balaban J connectivity index is 2.12. The molecule has 2 heterocycles. The van der Waals surface area contributed by atoms with E-state index < -0.39 is 0 Å². The molecule has 0 saturated carbocycles. The molecule has 3 nitrogen and oxygen atoms in total. The lowest BCUT2D eigenvalue weighted by Crippen LogP contribution is -2.54. The second kappa shape index (κ2) is 3.97. The molecule has 0 atom stereocenters. The number of nitrogens with one attached hydrogen (secondary N) is 1. The molecule has 15 heavy (non-hydrogen) atoms. The second-order valence-electron chi connectivity index (χ2n) is 4.74. The van der Waals surface area contributed by atoms with Crippen LogP contribution in [-0.4, -0.2) is 22.9 Å². The largest absolute Gasteiger partial charge is 0.316 e. The lowest BCUT2D eigenvalue weighted by Gasteiger charge is -2.42. The lowest BCUT2D eigenvalue weighted by atomic mass is 9.75. The Morgan fingerprint density at radius 1 is 1.47 bits per heavy atom. The van der Waals surface area contributed by atoms with Crippen LogP contribution in [0.2, 0.25) is 0 Å². The van der Waals surface area contributed by atoms with E-state index >= 15 is 0 Å². The van der Waals surface area contributed by atoms with Gasteiger partial charge < -0.3 is 5.32 Å². The number of nitrogens with zero attached hydrogens (tertiary/aromatic N) is 2. The fraction of sp³-hybridized carbons (Fsp3) is 0.750. The Bertz CT molecular complexity index is 331. The molecule has 84 valence electrons. The van der Waals surface area contributed by atoms with Gasteiger partial charge in [0.15, 0.2) is 0 Å². The van der Waals surface area contributed by atoms with Gasteiger partial charge in [-0.25, -0.2) is 0 Å². The minimum Gasteiger partial charge on any atom is -0.316 e. The highest BCUT2D eigenvalue weighted by Crippen LogP contribution is 2.31. The van der Waals surface area contributed by atoms with E-state index in [1.807, 2.05) is 0 Å². The molecular weight excluding hydrogens is 186 g/mol. The molecule has 1 fully saturated rings. The Labute approximate surface area is 91.9 Å². The van der Waals surface area contributed by atoms with E-state index in [0.29, 0.717) is 5.41 Å². The first-order valence-corrected chi connectivity index (χ1v) is 5.91. The summed E-state index contributed by atoms with van der Waals surface area (Å²) in [6, 6.07) is 2.26. The molecule has 0 aromatic carbocycles. The Hall–Kier alpha value is -0.830. The molecule has 1 aromatic heterocycles. The van der Waals surface area contributed by atoms with E-state index in [-0.39, 0.29) is 0 Å². The molecule has 0 aliphatic carbocycles. The molecule has 0 spiro atoms. The van der Waals surface area contributed by atoms with E-state index in [1.165, 1.54) is 24.2 Å². The molecule has 1 aromatic rings. The summed E-state index contributed by atoms with van der Waals surface area (Å²) in [5.74, 6) is 0. The van der Waals surface area contributed by atoms with Gasteiger partial charge in [0.1, 0.15) is 0 Å². The first kappa shape index (κ1) is 10.7. The highest BCUT2D eigenvalue weighted by atomic mass is 15.3. The number of aryl methyl sites for hydroxylation is 2. The molecule has 0 amide bonds. The third-order valence-corrected chi connectivity index (χ3v) is 3.70. The second-order valence-corrected chi connectivity index (χ2v) is 4.74. The first-order chi connectivity index (χ1) is 7.19. The highest BCUT2D eigenvalue weighted by molar-refractivity contribution is 5.14. The minimum atomic E-state index is 0.499. The van der Waals surface area contributed by atoms with E-state index in [4.69, 9.17) is 0 Å². The fourth-order valence-corrected chi connectivity index (χ4v) is 2.27. The normalized spacial score (nSPS) is 18.9. The maximum absolute atomic E-state index is 4.50. The summed E-state index contributed by atoms with van der Waals surface area (Å²) in [4.78, 5) is 0. The predicted octanol–water partition coefficient (Wildman–Crippen LogP) is 1.52. The lowest BCUT2D eigenvalue weighted by molar-refractivity contribution is 0.157. The SMILES string of the molecule is CCc1cc(CC2(CC)CNC2)n(C)n1. The van der Waals surface area contributed by atoms with Gasteiger partial charge in [0.05, 0.1) is 5.69 Å². The van der Waals surface area contributed by atoms with Crippen molar-refractivity contribution in [2.24, 2.45) is 12.5 Å². The fourth-order valence-electron chi connectivity index (χ4n) is 2.27. The van der Waals surface area contributed by atoms with Crippen molar-refractivity contribution in [1.82, 2.24) is 15.1 Å². The molecule has 1 aliphatic heterocycles. The topological polar surface area (TPSA) is 29.9 Å². The van der Waals surface area contributed by atoms with E-state index in [9.17, 15) is 0 Å². The number of hydrogen-bond donors (Lipinski definition) is 1. The molecule has 0 bridgehead atoms. The van der Waals surface area contributed by atoms with E-state index in [0.717, 1.165) is 19.5 Å². The molecular formula is C12H21N3. The molecule has 0 radical (unpaired) electrons.